The van der Waals surface area contributed by atoms with Gasteiger partial charge in [0.15, 0.2) is 5.16 Å². The van der Waals surface area contributed by atoms with Crippen LogP contribution in [0.25, 0.3) is 0 Å². The van der Waals surface area contributed by atoms with Crippen LogP contribution in [0.15, 0.2) is 11.2 Å². The summed E-state index contributed by atoms with van der Waals surface area (Å²) in [5.41, 5.74) is 0. The number of carbonyl (C=O) groups is 1. The second kappa shape index (κ2) is 11.3. The molecular weight excluding hydrogens is 259 g/mol. The van der Waals surface area contributed by atoms with Crippen LogP contribution in [0.3, 0.4) is 0 Å². The van der Waals surface area contributed by atoms with E-state index in [4.69, 9.17) is 4.74 Å². The number of carbonyl (C=O) groups excluding carboxylic acids is 1. The van der Waals surface area contributed by atoms with E-state index in [0.29, 0.717) is 12.2 Å². The van der Waals surface area contributed by atoms with Gasteiger partial charge in [-0.3, -0.25) is 9.00 Å². The Kier molecular flexibility index (Phi) is 10.9. The molecule has 0 bridgehead atoms. The second-order valence-electron chi connectivity index (χ2n) is 3.77. The van der Waals surface area contributed by atoms with E-state index < -0.39 is 21.9 Å². The standard InChI is InChI=1S/C12H21FO4S/c1-11(14)17-9-7-12(13)18(15)10-6-4-3-5-8-16-2/h7H,3-6,8-10H2,1-2H3/b12-7-. The lowest BCUT2D eigenvalue weighted by atomic mass is 10.2. The Balaban J connectivity index is 3.64. The zero-order chi connectivity index (χ0) is 13.8. The average Bonchev–Trinajstić information content (AvgIpc) is 2.32. The summed E-state index contributed by atoms with van der Waals surface area (Å²) in [6.45, 7) is 1.79. The maximum absolute atomic E-state index is 13.2. The van der Waals surface area contributed by atoms with Gasteiger partial charge in [-0.15, -0.1) is 0 Å². The van der Waals surface area contributed by atoms with Gasteiger partial charge in [-0.2, -0.15) is 4.39 Å². The fourth-order valence-corrected chi connectivity index (χ4v) is 2.16. The molecule has 0 aliphatic carbocycles. The highest BCUT2D eigenvalue weighted by atomic mass is 32.2. The minimum Gasteiger partial charge on any atom is -0.462 e. The molecule has 6 heteroatoms. The molecule has 4 nitrogen and oxygen atoms in total. The van der Waals surface area contributed by atoms with Crippen LogP contribution in [0, 0.1) is 0 Å². The van der Waals surface area contributed by atoms with Crippen LogP contribution in [0.4, 0.5) is 4.39 Å². The molecule has 0 spiro atoms. The molecule has 106 valence electrons. The number of rotatable bonds is 10. The molecule has 1 atom stereocenters. The van der Waals surface area contributed by atoms with Crippen molar-refractivity contribution in [2.45, 2.75) is 32.6 Å². The smallest absolute Gasteiger partial charge is 0.302 e. The zero-order valence-electron chi connectivity index (χ0n) is 10.9. The number of methoxy groups -OCH3 is 1. The molecule has 0 aromatic rings. The summed E-state index contributed by atoms with van der Waals surface area (Å²) in [7, 11) is 0.0363. The molecule has 0 radical (unpaired) electrons. The summed E-state index contributed by atoms with van der Waals surface area (Å²) in [6, 6.07) is 0. The fourth-order valence-electron chi connectivity index (χ4n) is 1.25. The Hall–Kier alpha value is -0.750. The molecule has 0 aromatic carbocycles. The number of ether oxygens (including phenoxy) is 2. The molecule has 0 saturated carbocycles. The minimum atomic E-state index is -1.61. The van der Waals surface area contributed by atoms with E-state index in [0.717, 1.165) is 31.9 Å². The second-order valence-corrected chi connectivity index (χ2v) is 5.26. The number of unbranched alkanes of at least 4 members (excludes halogenated alkanes) is 3. The maximum atomic E-state index is 13.2. The van der Waals surface area contributed by atoms with E-state index in [2.05, 4.69) is 4.74 Å². The average molecular weight is 280 g/mol. The Morgan fingerprint density at radius 3 is 2.56 bits per heavy atom. The molecule has 18 heavy (non-hydrogen) atoms. The van der Waals surface area contributed by atoms with Crippen molar-refractivity contribution in [3.63, 3.8) is 0 Å². The first kappa shape index (κ1) is 17.2. The van der Waals surface area contributed by atoms with Crippen LogP contribution in [-0.2, 0) is 25.1 Å². The molecule has 0 rings (SSSR count). The van der Waals surface area contributed by atoms with Crippen molar-refractivity contribution >= 4 is 16.8 Å². The number of hydrogen-bond donors (Lipinski definition) is 0. The Morgan fingerprint density at radius 2 is 1.94 bits per heavy atom. The van der Waals surface area contributed by atoms with Crippen molar-refractivity contribution in [1.29, 1.82) is 0 Å². The van der Waals surface area contributed by atoms with Crippen LogP contribution < -0.4 is 0 Å². The SMILES string of the molecule is COCCCCCCS(=O)/C(F)=C\COC(C)=O. The molecule has 0 heterocycles. The first-order chi connectivity index (χ1) is 8.57. The number of halogens is 1. The van der Waals surface area contributed by atoms with Crippen molar-refractivity contribution in [3.05, 3.63) is 11.2 Å². The molecule has 0 aliphatic heterocycles. The molecular formula is C12H21FO4S. The van der Waals surface area contributed by atoms with E-state index in [1.807, 2.05) is 0 Å². The molecule has 0 fully saturated rings. The summed E-state index contributed by atoms with van der Waals surface area (Å²) in [4.78, 5) is 10.4. The third-order valence-electron chi connectivity index (χ3n) is 2.18. The largest absolute Gasteiger partial charge is 0.462 e. The first-order valence-electron chi connectivity index (χ1n) is 5.94. The monoisotopic (exact) mass is 280 g/mol. The van der Waals surface area contributed by atoms with Gasteiger partial charge < -0.3 is 9.47 Å². The highest BCUT2D eigenvalue weighted by molar-refractivity contribution is 7.88. The van der Waals surface area contributed by atoms with Gasteiger partial charge in [0.25, 0.3) is 0 Å². The summed E-state index contributed by atoms with van der Waals surface area (Å²) in [6.07, 6.45) is 4.62. The van der Waals surface area contributed by atoms with Gasteiger partial charge in [-0.25, -0.2) is 0 Å². The molecule has 0 aliphatic rings. The fraction of sp³-hybridized carbons (Fsp3) is 0.750. The predicted octanol–water partition coefficient (Wildman–Crippen LogP) is 2.32. The summed E-state index contributed by atoms with van der Waals surface area (Å²) in [5, 5.41) is -0.715. The zero-order valence-corrected chi connectivity index (χ0v) is 11.8. The molecule has 0 saturated heterocycles. The van der Waals surface area contributed by atoms with Crippen molar-refractivity contribution in [2.24, 2.45) is 0 Å². The molecule has 0 N–H and O–H groups in total. The predicted molar refractivity (Wildman–Crippen MR) is 69.2 cm³/mol. The van der Waals surface area contributed by atoms with Crippen LogP contribution in [0.1, 0.15) is 32.6 Å². The Labute approximate surface area is 110 Å². The summed E-state index contributed by atoms with van der Waals surface area (Å²) in [5.74, 6) is -0.182. The van der Waals surface area contributed by atoms with Crippen LogP contribution >= 0.6 is 0 Å². The van der Waals surface area contributed by atoms with E-state index >= 15 is 0 Å². The quantitative estimate of drug-likeness (QED) is 0.455. The Bertz CT molecular complexity index is 292. The summed E-state index contributed by atoms with van der Waals surface area (Å²) >= 11 is 0. The first-order valence-corrected chi connectivity index (χ1v) is 7.26. The van der Waals surface area contributed by atoms with E-state index in [1.165, 1.54) is 6.92 Å². The van der Waals surface area contributed by atoms with Gasteiger partial charge in [0, 0.05) is 26.4 Å². The van der Waals surface area contributed by atoms with Crippen molar-refractivity contribution < 1.29 is 22.9 Å². The highest BCUT2D eigenvalue weighted by Gasteiger charge is 2.06. The van der Waals surface area contributed by atoms with Crippen molar-refractivity contribution in [1.82, 2.24) is 0 Å². The third-order valence-corrected chi connectivity index (χ3v) is 3.44. The highest BCUT2D eigenvalue weighted by Crippen LogP contribution is 2.08. The van der Waals surface area contributed by atoms with Crippen LogP contribution in [0.2, 0.25) is 0 Å². The number of hydrogen-bond acceptors (Lipinski definition) is 4. The van der Waals surface area contributed by atoms with Gasteiger partial charge in [0.2, 0.25) is 0 Å². The van der Waals surface area contributed by atoms with Gasteiger partial charge in [-0.05, 0) is 18.9 Å². The van der Waals surface area contributed by atoms with Gasteiger partial charge in [0.05, 0.1) is 10.8 Å². The van der Waals surface area contributed by atoms with Crippen molar-refractivity contribution in [2.75, 3.05) is 26.1 Å². The minimum absolute atomic E-state index is 0.166. The van der Waals surface area contributed by atoms with E-state index in [-0.39, 0.29) is 6.61 Å². The van der Waals surface area contributed by atoms with Crippen molar-refractivity contribution in [3.8, 4) is 0 Å². The number of esters is 1. The van der Waals surface area contributed by atoms with E-state index in [9.17, 15) is 13.4 Å². The lowest BCUT2D eigenvalue weighted by molar-refractivity contribution is -0.139. The van der Waals surface area contributed by atoms with E-state index in [1.54, 1.807) is 7.11 Å². The Morgan fingerprint density at radius 1 is 1.28 bits per heavy atom. The normalized spacial score (nSPS) is 13.4. The molecule has 0 aromatic heterocycles. The van der Waals surface area contributed by atoms with Crippen LogP contribution in [0.5, 0.6) is 0 Å². The summed E-state index contributed by atoms with van der Waals surface area (Å²) < 4.78 is 34.1. The van der Waals surface area contributed by atoms with Gasteiger partial charge in [-0.1, -0.05) is 12.8 Å². The van der Waals surface area contributed by atoms with Gasteiger partial charge >= 0.3 is 5.97 Å². The topological polar surface area (TPSA) is 52.6 Å². The lowest BCUT2D eigenvalue weighted by Gasteiger charge is -2.01. The van der Waals surface area contributed by atoms with Gasteiger partial charge in [0.1, 0.15) is 6.61 Å². The maximum Gasteiger partial charge on any atom is 0.302 e. The third kappa shape index (κ3) is 10.4. The van der Waals surface area contributed by atoms with Crippen LogP contribution in [-0.4, -0.2) is 36.3 Å². The molecule has 0 amide bonds. The lowest BCUT2D eigenvalue weighted by Crippen LogP contribution is -2.02. The molecule has 1 unspecified atom stereocenters.